The highest BCUT2D eigenvalue weighted by molar-refractivity contribution is 5.92. The van der Waals surface area contributed by atoms with Gasteiger partial charge >= 0.3 is 0 Å². The summed E-state index contributed by atoms with van der Waals surface area (Å²) in [4.78, 5) is 8.74. The fourth-order valence-electron chi connectivity index (χ4n) is 3.14. The molecule has 1 aromatic carbocycles. The topological polar surface area (TPSA) is 80.4 Å². The maximum absolute atomic E-state index is 9.03. The summed E-state index contributed by atoms with van der Waals surface area (Å²) in [6.07, 6.45) is 4.55. The van der Waals surface area contributed by atoms with E-state index in [1.54, 1.807) is 6.33 Å². The number of hydrogen-bond acceptors (Lipinski definition) is 6. The molecule has 0 spiro atoms. The van der Waals surface area contributed by atoms with Gasteiger partial charge < -0.3 is 19.6 Å². The number of benzene rings is 1. The van der Waals surface area contributed by atoms with E-state index in [0.717, 1.165) is 59.8 Å². The third kappa shape index (κ3) is 3.50. The van der Waals surface area contributed by atoms with Crippen LogP contribution in [0.2, 0.25) is 0 Å². The number of rotatable bonds is 6. The smallest absolute Gasteiger partial charge is 0.137 e. The Balaban J connectivity index is 1.62. The molecule has 2 aromatic heterocycles. The number of anilines is 1. The molecule has 1 saturated heterocycles. The molecule has 1 aliphatic rings. The van der Waals surface area contributed by atoms with Crippen molar-refractivity contribution in [1.82, 2.24) is 9.97 Å². The van der Waals surface area contributed by atoms with Crippen molar-refractivity contribution in [2.75, 3.05) is 25.1 Å². The summed E-state index contributed by atoms with van der Waals surface area (Å²) in [5.74, 6) is 2.36. The van der Waals surface area contributed by atoms with Crippen molar-refractivity contribution >= 4 is 16.7 Å². The zero-order chi connectivity index (χ0) is 17.1. The van der Waals surface area contributed by atoms with Crippen LogP contribution >= 0.6 is 0 Å². The van der Waals surface area contributed by atoms with Crippen LogP contribution in [0.15, 0.2) is 41.1 Å². The summed E-state index contributed by atoms with van der Waals surface area (Å²) in [5, 5.41) is 13.4. The minimum atomic E-state index is 0.0792. The summed E-state index contributed by atoms with van der Waals surface area (Å²) >= 11 is 0. The van der Waals surface area contributed by atoms with E-state index in [1.165, 1.54) is 0 Å². The van der Waals surface area contributed by atoms with Crippen molar-refractivity contribution in [3.8, 4) is 11.3 Å². The molecule has 1 unspecified atom stereocenters. The van der Waals surface area contributed by atoms with Crippen LogP contribution in [0.5, 0.6) is 0 Å². The number of ether oxygens (including phenoxy) is 1. The Labute approximate surface area is 145 Å². The first-order chi connectivity index (χ1) is 12.3. The van der Waals surface area contributed by atoms with Crippen LogP contribution < -0.4 is 5.32 Å². The Morgan fingerprint density at radius 1 is 1.20 bits per heavy atom. The lowest BCUT2D eigenvalue weighted by molar-refractivity contribution is 0.120. The molecule has 1 atom stereocenters. The Bertz CT molecular complexity index is 856. The van der Waals surface area contributed by atoms with Crippen LogP contribution in [0.4, 0.5) is 5.82 Å². The first kappa shape index (κ1) is 16.1. The maximum Gasteiger partial charge on any atom is 0.137 e. The Kier molecular flexibility index (Phi) is 4.63. The summed E-state index contributed by atoms with van der Waals surface area (Å²) in [7, 11) is 0. The molecule has 0 radical (unpaired) electrons. The fourth-order valence-corrected chi connectivity index (χ4v) is 3.14. The quantitative estimate of drug-likeness (QED) is 0.718. The predicted molar refractivity (Wildman–Crippen MR) is 95.5 cm³/mol. The molecule has 3 heterocycles. The number of hydrogen-bond donors (Lipinski definition) is 2. The highest BCUT2D eigenvalue weighted by Crippen LogP contribution is 2.28. The van der Waals surface area contributed by atoms with Crippen LogP contribution in [-0.2, 0) is 11.2 Å². The minimum Gasteiger partial charge on any atom is -0.461 e. The fraction of sp³-hybridized carbons (Fsp3) is 0.368. The summed E-state index contributed by atoms with van der Waals surface area (Å²) in [6.45, 7) is 1.67. The van der Waals surface area contributed by atoms with Crippen LogP contribution in [0, 0.1) is 0 Å². The van der Waals surface area contributed by atoms with Crippen molar-refractivity contribution in [1.29, 1.82) is 0 Å². The molecule has 0 saturated carbocycles. The average Bonchev–Trinajstić information content (AvgIpc) is 3.32. The van der Waals surface area contributed by atoms with Gasteiger partial charge in [-0.15, -0.1) is 0 Å². The zero-order valence-corrected chi connectivity index (χ0v) is 13.9. The zero-order valence-electron chi connectivity index (χ0n) is 13.9. The van der Waals surface area contributed by atoms with Gasteiger partial charge in [-0.2, -0.15) is 0 Å². The van der Waals surface area contributed by atoms with E-state index in [0.29, 0.717) is 6.42 Å². The second kappa shape index (κ2) is 7.21. The molecule has 2 N–H and O–H groups in total. The Hall–Kier alpha value is -2.44. The SMILES string of the molecule is OCCc1ccc(-c2ccc3ncnc(NCC4CCCO4)c3c2)o1. The van der Waals surface area contributed by atoms with Crippen molar-refractivity contribution in [3.63, 3.8) is 0 Å². The summed E-state index contributed by atoms with van der Waals surface area (Å²) < 4.78 is 11.5. The van der Waals surface area contributed by atoms with Gasteiger partial charge in [0.25, 0.3) is 0 Å². The highest BCUT2D eigenvalue weighted by atomic mass is 16.5. The van der Waals surface area contributed by atoms with Gasteiger partial charge in [-0.1, -0.05) is 0 Å². The molecule has 25 heavy (non-hydrogen) atoms. The molecule has 1 aliphatic heterocycles. The molecule has 0 bridgehead atoms. The number of furan rings is 1. The van der Waals surface area contributed by atoms with Crippen molar-refractivity contribution in [2.45, 2.75) is 25.4 Å². The first-order valence-corrected chi connectivity index (χ1v) is 8.63. The van der Waals surface area contributed by atoms with E-state index in [1.807, 2.05) is 30.3 Å². The van der Waals surface area contributed by atoms with Gasteiger partial charge in [0.1, 0.15) is 23.7 Å². The number of aromatic nitrogens is 2. The average molecular weight is 339 g/mol. The number of aliphatic hydroxyl groups excluding tert-OH is 1. The molecular formula is C19H21N3O3. The molecule has 130 valence electrons. The van der Waals surface area contributed by atoms with E-state index in [9.17, 15) is 0 Å². The summed E-state index contributed by atoms with van der Waals surface area (Å²) in [6, 6.07) is 9.82. The Morgan fingerprint density at radius 2 is 2.16 bits per heavy atom. The minimum absolute atomic E-state index is 0.0792. The monoisotopic (exact) mass is 339 g/mol. The van der Waals surface area contributed by atoms with Crippen LogP contribution in [-0.4, -0.2) is 40.9 Å². The molecule has 6 heteroatoms. The predicted octanol–water partition coefficient (Wildman–Crippen LogP) is 3.02. The molecule has 0 amide bonds. The molecule has 3 aromatic rings. The third-order valence-electron chi connectivity index (χ3n) is 4.46. The van der Waals surface area contributed by atoms with Gasteiger partial charge in [0, 0.05) is 30.5 Å². The second-order valence-corrected chi connectivity index (χ2v) is 6.21. The standard InChI is InChI=1S/C19H21N3O3/c23-8-7-14-4-6-18(25-14)13-3-5-17-16(10-13)19(22-12-21-17)20-11-15-2-1-9-24-15/h3-6,10,12,15,23H,1-2,7-9,11H2,(H,20,21,22). The first-order valence-electron chi connectivity index (χ1n) is 8.63. The van der Waals surface area contributed by atoms with E-state index < -0.39 is 0 Å². The van der Waals surface area contributed by atoms with Gasteiger partial charge in [-0.3, -0.25) is 0 Å². The lowest BCUT2D eigenvalue weighted by atomic mass is 10.1. The number of nitrogens with zero attached hydrogens (tertiary/aromatic N) is 2. The maximum atomic E-state index is 9.03. The third-order valence-corrected chi connectivity index (χ3v) is 4.46. The van der Waals surface area contributed by atoms with Crippen LogP contribution in [0.25, 0.3) is 22.2 Å². The van der Waals surface area contributed by atoms with Crippen LogP contribution in [0.1, 0.15) is 18.6 Å². The molecular weight excluding hydrogens is 318 g/mol. The van der Waals surface area contributed by atoms with Gasteiger partial charge in [0.2, 0.25) is 0 Å². The van der Waals surface area contributed by atoms with Crippen molar-refractivity contribution in [3.05, 3.63) is 42.4 Å². The highest BCUT2D eigenvalue weighted by Gasteiger charge is 2.16. The van der Waals surface area contributed by atoms with Crippen LogP contribution in [0.3, 0.4) is 0 Å². The van der Waals surface area contributed by atoms with E-state index in [4.69, 9.17) is 14.3 Å². The number of fused-ring (bicyclic) bond motifs is 1. The van der Waals surface area contributed by atoms with Gasteiger partial charge in [0.15, 0.2) is 0 Å². The number of aliphatic hydroxyl groups is 1. The van der Waals surface area contributed by atoms with Gasteiger partial charge in [-0.05, 0) is 43.2 Å². The summed E-state index contributed by atoms with van der Waals surface area (Å²) in [5.41, 5.74) is 1.85. The van der Waals surface area contributed by atoms with Crippen molar-refractivity contribution < 1.29 is 14.3 Å². The molecule has 4 rings (SSSR count). The molecule has 1 fully saturated rings. The molecule has 0 aliphatic carbocycles. The Morgan fingerprint density at radius 3 is 3.00 bits per heavy atom. The second-order valence-electron chi connectivity index (χ2n) is 6.21. The molecule has 6 nitrogen and oxygen atoms in total. The van der Waals surface area contributed by atoms with E-state index >= 15 is 0 Å². The lowest BCUT2D eigenvalue weighted by Crippen LogP contribution is -2.19. The van der Waals surface area contributed by atoms with Gasteiger partial charge in [0.05, 0.1) is 18.2 Å². The van der Waals surface area contributed by atoms with E-state index in [-0.39, 0.29) is 12.7 Å². The lowest BCUT2D eigenvalue weighted by Gasteiger charge is -2.13. The number of nitrogens with one attached hydrogen (secondary N) is 1. The van der Waals surface area contributed by atoms with Crippen molar-refractivity contribution in [2.24, 2.45) is 0 Å². The van der Waals surface area contributed by atoms with E-state index in [2.05, 4.69) is 15.3 Å². The largest absolute Gasteiger partial charge is 0.461 e. The van der Waals surface area contributed by atoms with Gasteiger partial charge in [-0.25, -0.2) is 9.97 Å². The normalized spacial score (nSPS) is 17.2.